The molecule has 0 bridgehead atoms. The quantitative estimate of drug-likeness (QED) is 0.535. The lowest BCUT2D eigenvalue weighted by atomic mass is 9.97. The van der Waals surface area contributed by atoms with Gasteiger partial charge in [-0.25, -0.2) is 4.79 Å². The molecule has 0 unspecified atom stereocenters. The van der Waals surface area contributed by atoms with Crippen LogP contribution in [0, 0.1) is 11.8 Å². The lowest BCUT2D eigenvalue weighted by Gasteiger charge is -2.33. The highest BCUT2D eigenvalue weighted by Crippen LogP contribution is 2.29. The summed E-state index contributed by atoms with van der Waals surface area (Å²) >= 11 is 0. The zero-order valence-corrected chi connectivity index (χ0v) is 19.7. The molecule has 32 heavy (non-hydrogen) atoms. The van der Waals surface area contributed by atoms with E-state index in [9.17, 15) is 9.59 Å². The largest absolute Gasteiger partial charge is 0.371 e. The molecule has 0 aliphatic carbocycles. The summed E-state index contributed by atoms with van der Waals surface area (Å²) < 4.78 is 0. The highest BCUT2D eigenvalue weighted by Gasteiger charge is 2.22. The molecule has 1 aliphatic heterocycles. The van der Waals surface area contributed by atoms with Gasteiger partial charge in [0.2, 0.25) is 0 Å². The SMILES string of the molecule is CCc1ccc(NC(=O)Nc2ccc(N3CCC(C)CC3)c(C(=O)NCC(C)C)c2)cc1. The fourth-order valence-electron chi connectivity index (χ4n) is 3.83. The Hall–Kier alpha value is -3.02. The fourth-order valence-corrected chi connectivity index (χ4v) is 3.83. The van der Waals surface area contributed by atoms with Crippen LogP contribution in [0.2, 0.25) is 0 Å². The molecule has 3 N–H and O–H groups in total. The number of piperidine rings is 1. The first-order valence-electron chi connectivity index (χ1n) is 11.7. The number of anilines is 3. The third kappa shape index (κ3) is 6.49. The molecule has 1 saturated heterocycles. The van der Waals surface area contributed by atoms with Gasteiger partial charge in [0.1, 0.15) is 0 Å². The van der Waals surface area contributed by atoms with Crippen LogP contribution in [0.3, 0.4) is 0 Å². The minimum absolute atomic E-state index is 0.105. The standard InChI is InChI=1S/C26H36N4O2/c1-5-20-6-8-21(9-7-20)28-26(32)29-22-10-11-24(30-14-12-19(4)13-15-30)23(16-22)25(31)27-17-18(2)3/h6-11,16,18-19H,5,12-15,17H2,1-4H3,(H,27,31)(H2,28,29,32). The van der Waals surface area contributed by atoms with Crippen LogP contribution in [0.25, 0.3) is 0 Å². The molecule has 1 heterocycles. The number of hydrogen-bond acceptors (Lipinski definition) is 3. The predicted octanol–water partition coefficient (Wildman–Crippen LogP) is 5.52. The Kier molecular flexibility index (Phi) is 8.14. The van der Waals surface area contributed by atoms with Gasteiger partial charge < -0.3 is 20.9 Å². The van der Waals surface area contributed by atoms with Crippen molar-refractivity contribution in [3.05, 3.63) is 53.6 Å². The van der Waals surface area contributed by atoms with Crippen LogP contribution in [-0.4, -0.2) is 31.6 Å². The van der Waals surface area contributed by atoms with E-state index in [1.54, 1.807) is 6.07 Å². The van der Waals surface area contributed by atoms with Crippen molar-refractivity contribution < 1.29 is 9.59 Å². The number of hydrogen-bond donors (Lipinski definition) is 3. The second-order valence-corrected chi connectivity index (χ2v) is 9.13. The van der Waals surface area contributed by atoms with E-state index in [0.717, 1.165) is 43.7 Å². The number of carbonyl (C=O) groups is 2. The molecule has 3 amide bonds. The first kappa shape index (κ1) is 23.6. The zero-order valence-electron chi connectivity index (χ0n) is 19.7. The van der Waals surface area contributed by atoms with Crippen molar-refractivity contribution in [1.82, 2.24) is 5.32 Å². The Morgan fingerprint density at radius 3 is 2.25 bits per heavy atom. The number of rotatable bonds is 7. The van der Waals surface area contributed by atoms with Gasteiger partial charge in [0.15, 0.2) is 0 Å². The third-order valence-corrected chi connectivity index (χ3v) is 5.91. The summed E-state index contributed by atoms with van der Waals surface area (Å²) in [5.41, 5.74) is 4.07. The Morgan fingerprint density at radius 1 is 1.00 bits per heavy atom. The second kappa shape index (κ2) is 11.0. The van der Waals surface area contributed by atoms with Gasteiger partial charge in [-0.1, -0.05) is 39.8 Å². The first-order valence-corrected chi connectivity index (χ1v) is 11.7. The van der Waals surface area contributed by atoms with E-state index in [2.05, 4.69) is 48.5 Å². The van der Waals surface area contributed by atoms with Crippen LogP contribution in [-0.2, 0) is 6.42 Å². The van der Waals surface area contributed by atoms with Gasteiger partial charge in [0.05, 0.1) is 5.56 Å². The molecule has 0 aromatic heterocycles. The van der Waals surface area contributed by atoms with E-state index in [4.69, 9.17) is 0 Å². The minimum Gasteiger partial charge on any atom is -0.371 e. The number of aryl methyl sites for hydroxylation is 1. The third-order valence-electron chi connectivity index (χ3n) is 5.91. The highest BCUT2D eigenvalue weighted by molar-refractivity contribution is 6.04. The summed E-state index contributed by atoms with van der Waals surface area (Å²) in [4.78, 5) is 27.8. The molecular formula is C26H36N4O2. The number of benzene rings is 2. The monoisotopic (exact) mass is 436 g/mol. The maximum Gasteiger partial charge on any atom is 0.323 e. The summed E-state index contributed by atoms with van der Waals surface area (Å²) in [5, 5.41) is 8.74. The smallest absolute Gasteiger partial charge is 0.323 e. The number of urea groups is 1. The molecule has 0 radical (unpaired) electrons. The van der Waals surface area contributed by atoms with Crippen molar-refractivity contribution in [2.24, 2.45) is 11.8 Å². The lowest BCUT2D eigenvalue weighted by molar-refractivity contribution is 0.0949. The van der Waals surface area contributed by atoms with Gasteiger partial charge >= 0.3 is 6.03 Å². The molecule has 1 aliphatic rings. The molecule has 3 rings (SSSR count). The van der Waals surface area contributed by atoms with E-state index in [-0.39, 0.29) is 11.9 Å². The molecular weight excluding hydrogens is 400 g/mol. The molecule has 0 atom stereocenters. The second-order valence-electron chi connectivity index (χ2n) is 9.13. The molecule has 2 aromatic rings. The molecule has 6 heteroatoms. The van der Waals surface area contributed by atoms with Gasteiger partial charge in [-0.05, 0) is 67.0 Å². The van der Waals surface area contributed by atoms with E-state index < -0.39 is 0 Å². The normalized spacial score (nSPS) is 14.3. The van der Waals surface area contributed by atoms with E-state index in [1.165, 1.54) is 5.56 Å². The number of nitrogens with one attached hydrogen (secondary N) is 3. The van der Waals surface area contributed by atoms with Crippen molar-refractivity contribution in [1.29, 1.82) is 0 Å². The van der Waals surface area contributed by atoms with Crippen LogP contribution in [0.5, 0.6) is 0 Å². The van der Waals surface area contributed by atoms with Crippen LogP contribution in [0.1, 0.15) is 56.5 Å². The molecule has 6 nitrogen and oxygen atoms in total. The average molecular weight is 437 g/mol. The summed E-state index contributed by atoms with van der Waals surface area (Å²) in [7, 11) is 0. The zero-order chi connectivity index (χ0) is 23.1. The first-order chi connectivity index (χ1) is 15.4. The fraction of sp³-hybridized carbons (Fsp3) is 0.462. The van der Waals surface area contributed by atoms with Crippen LogP contribution in [0.15, 0.2) is 42.5 Å². The van der Waals surface area contributed by atoms with Crippen LogP contribution < -0.4 is 20.9 Å². The van der Waals surface area contributed by atoms with Crippen molar-refractivity contribution in [2.75, 3.05) is 35.2 Å². The van der Waals surface area contributed by atoms with Crippen molar-refractivity contribution >= 4 is 29.0 Å². The Morgan fingerprint density at radius 2 is 1.62 bits per heavy atom. The van der Waals surface area contributed by atoms with E-state index in [1.807, 2.05) is 36.4 Å². The molecule has 1 fully saturated rings. The van der Waals surface area contributed by atoms with Crippen molar-refractivity contribution in [2.45, 2.75) is 47.0 Å². The molecule has 172 valence electrons. The van der Waals surface area contributed by atoms with E-state index in [0.29, 0.717) is 29.6 Å². The summed E-state index contributed by atoms with van der Waals surface area (Å²) in [6, 6.07) is 13.1. The molecule has 2 aromatic carbocycles. The summed E-state index contributed by atoms with van der Waals surface area (Å²) in [6.45, 7) is 11.0. The summed E-state index contributed by atoms with van der Waals surface area (Å²) in [5.74, 6) is 0.969. The topological polar surface area (TPSA) is 73.5 Å². The van der Waals surface area contributed by atoms with Gasteiger partial charge in [0.25, 0.3) is 5.91 Å². The number of carbonyl (C=O) groups excluding carboxylic acids is 2. The maximum atomic E-state index is 13.0. The predicted molar refractivity (Wildman–Crippen MR) is 133 cm³/mol. The maximum absolute atomic E-state index is 13.0. The van der Waals surface area contributed by atoms with Crippen LogP contribution >= 0.6 is 0 Å². The highest BCUT2D eigenvalue weighted by atomic mass is 16.2. The van der Waals surface area contributed by atoms with Gasteiger partial charge in [-0.2, -0.15) is 0 Å². The Bertz CT molecular complexity index is 916. The summed E-state index contributed by atoms with van der Waals surface area (Å²) in [6.07, 6.45) is 3.19. The van der Waals surface area contributed by atoms with E-state index >= 15 is 0 Å². The van der Waals surface area contributed by atoms with Crippen LogP contribution in [0.4, 0.5) is 21.9 Å². The molecule has 0 saturated carbocycles. The average Bonchev–Trinajstić information content (AvgIpc) is 2.78. The van der Waals surface area contributed by atoms with Crippen molar-refractivity contribution in [3.63, 3.8) is 0 Å². The van der Waals surface area contributed by atoms with Gasteiger partial charge in [0, 0.05) is 36.7 Å². The minimum atomic E-state index is -0.331. The molecule has 0 spiro atoms. The van der Waals surface area contributed by atoms with Crippen molar-refractivity contribution in [3.8, 4) is 0 Å². The Balaban J connectivity index is 1.76. The Labute approximate surface area is 191 Å². The van der Waals surface area contributed by atoms with Gasteiger partial charge in [-0.15, -0.1) is 0 Å². The van der Waals surface area contributed by atoms with Gasteiger partial charge in [-0.3, -0.25) is 4.79 Å². The lowest BCUT2D eigenvalue weighted by Crippen LogP contribution is -2.35. The number of nitrogens with zero attached hydrogens (tertiary/aromatic N) is 1. The number of amides is 3.